The van der Waals surface area contributed by atoms with Crippen molar-refractivity contribution in [2.45, 2.75) is 26.3 Å². The Labute approximate surface area is 142 Å². The Balaban J connectivity index is 2.22. The summed E-state index contributed by atoms with van der Waals surface area (Å²) in [7, 11) is 4.02. The van der Waals surface area contributed by atoms with E-state index in [4.69, 9.17) is 4.74 Å². The third kappa shape index (κ3) is 4.30. The predicted octanol–water partition coefficient (Wildman–Crippen LogP) is 2.70. The SMILES string of the molecule is Cc1cc(F)c(F)cc1C(=O)N1CCOC[C@@H](CCN(C)C)[C@@H]1C. The number of hydrogen-bond acceptors (Lipinski definition) is 3. The fourth-order valence-electron chi connectivity index (χ4n) is 3.06. The second-order valence-corrected chi connectivity index (χ2v) is 6.75. The molecular weight excluding hydrogens is 314 g/mol. The number of carbonyl (C=O) groups excluding carboxylic acids is 1. The van der Waals surface area contributed by atoms with Crippen molar-refractivity contribution in [2.75, 3.05) is 40.4 Å². The third-order valence-electron chi connectivity index (χ3n) is 4.69. The maximum absolute atomic E-state index is 13.6. The van der Waals surface area contributed by atoms with Gasteiger partial charge in [0.25, 0.3) is 5.91 Å². The summed E-state index contributed by atoms with van der Waals surface area (Å²) >= 11 is 0. The molecule has 134 valence electrons. The summed E-state index contributed by atoms with van der Waals surface area (Å²) in [5, 5.41) is 0. The minimum atomic E-state index is -0.994. The average molecular weight is 340 g/mol. The molecule has 1 aromatic rings. The highest BCUT2D eigenvalue weighted by molar-refractivity contribution is 5.95. The standard InChI is InChI=1S/C18H26F2N2O2/c1-12-9-16(19)17(20)10-15(12)18(23)22-7-8-24-11-14(13(22)2)5-6-21(3)4/h9-10,13-14H,5-8,11H2,1-4H3/t13-,14+/m0/s1. The summed E-state index contributed by atoms with van der Waals surface area (Å²) in [4.78, 5) is 16.7. The maximum Gasteiger partial charge on any atom is 0.254 e. The fraction of sp³-hybridized carbons (Fsp3) is 0.611. The molecule has 1 amide bonds. The predicted molar refractivity (Wildman–Crippen MR) is 89.1 cm³/mol. The Morgan fingerprint density at radius 1 is 1.33 bits per heavy atom. The summed E-state index contributed by atoms with van der Waals surface area (Å²) in [5.41, 5.74) is 0.662. The number of halogens is 2. The van der Waals surface area contributed by atoms with Crippen LogP contribution in [0.2, 0.25) is 0 Å². The van der Waals surface area contributed by atoms with Gasteiger partial charge in [-0.15, -0.1) is 0 Å². The highest BCUT2D eigenvalue weighted by Crippen LogP contribution is 2.23. The maximum atomic E-state index is 13.6. The van der Waals surface area contributed by atoms with E-state index >= 15 is 0 Å². The number of rotatable bonds is 4. The molecule has 0 aromatic heterocycles. The summed E-state index contributed by atoms with van der Waals surface area (Å²) in [6.45, 7) is 6.05. The molecule has 24 heavy (non-hydrogen) atoms. The van der Waals surface area contributed by atoms with E-state index in [9.17, 15) is 13.6 Å². The second kappa shape index (κ2) is 8.03. The highest BCUT2D eigenvalue weighted by Gasteiger charge is 2.31. The van der Waals surface area contributed by atoms with Crippen LogP contribution in [0.5, 0.6) is 0 Å². The lowest BCUT2D eigenvalue weighted by Gasteiger charge is -2.32. The lowest BCUT2D eigenvalue weighted by Crippen LogP contribution is -2.44. The molecular formula is C18H26F2N2O2. The molecule has 0 radical (unpaired) electrons. The Bertz CT molecular complexity index is 593. The van der Waals surface area contributed by atoms with Crippen molar-refractivity contribution in [3.8, 4) is 0 Å². The van der Waals surface area contributed by atoms with E-state index in [2.05, 4.69) is 4.90 Å². The molecule has 1 aliphatic rings. The van der Waals surface area contributed by atoms with Gasteiger partial charge in [0.1, 0.15) is 0 Å². The van der Waals surface area contributed by atoms with E-state index in [1.807, 2.05) is 21.0 Å². The molecule has 0 unspecified atom stereocenters. The quantitative estimate of drug-likeness (QED) is 0.845. The van der Waals surface area contributed by atoms with Gasteiger partial charge in [-0.1, -0.05) is 0 Å². The number of hydrogen-bond donors (Lipinski definition) is 0. The molecule has 0 saturated carbocycles. The van der Waals surface area contributed by atoms with Crippen molar-refractivity contribution in [3.05, 3.63) is 34.9 Å². The van der Waals surface area contributed by atoms with Crippen molar-refractivity contribution in [2.24, 2.45) is 5.92 Å². The smallest absolute Gasteiger partial charge is 0.254 e. The van der Waals surface area contributed by atoms with Crippen LogP contribution in [0.1, 0.15) is 29.3 Å². The first-order chi connectivity index (χ1) is 11.3. The zero-order valence-electron chi connectivity index (χ0n) is 14.8. The van der Waals surface area contributed by atoms with Crippen molar-refractivity contribution >= 4 is 5.91 Å². The van der Waals surface area contributed by atoms with Crippen molar-refractivity contribution in [1.82, 2.24) is 9.80 Å². The van der Waals surface area contributed by atoms with E-state index in [1.165, 1.54) is 0 Å². The van der Waals surface area contributed by atoms with Gasteiger partial charge in [0.15, 0.2) is 11.6 Å². The molecule has 1 fully saturated rings. The molecule has 0 aliphatic carbocycles. The van der Waals surface area contributed by atoms with Crippen LogP contribution in [0.3, 0.4) is 0 Å². The number of ether oxygens (including phenoxy) is 1. The third-order valence-corrected chi connectivity index (χ3v) is 4.69. The van der Waals surface area contributed by atoms with E-state index in [-0.39, 0.29) is 23.4 Å². The van der Waals surface area contributed by atoms with Gasteiger partial charge in [0.2, 0.25) is 0 Å². The van der Waals surface area contributed by atoms with Gasteiger partial charge in [0, 0.05) is 24.1 Å². The number of carbonyl (C=O) groups is 1. The van der Waals surface area contributed by atoms with Gasteiger partial charge < -0.3 is 14.5 Å². The number of nitrogens with zero attached hydrogens (tertiary/aromatic N) is 2. The number of benzene rings is 1. The van der Waals surface area contributed by atoms with Crippen LogP contribution in [0, 0.1) is 24.5 Å². The molecule has 6 heteroatoms. The second-order valence-electron chi connectivity index (χ2n) is 6.75. The molecule has 0 spiro atoms. The van der Waals surface area contributed by atoms with E-state index in [0.29, 0.717) is 25.3 Å². The first-order valence-electron chi connectivity index (χ1n) is 8.30. The van der Waals surface area contributed by atoms with Gasteiger partial charge in [-0.25, -0.2) is 8.78 Å². The summed E-state index contributed by atoms with van der Waals surface area (Å²) in [6, 6.07) is 2.05. The average Bonchev–Trinajstić information content (AvgIpc) is 2.70. The number of amides is 1. The van der Waals surface area contributed by atoms with Crippen LogP contribution in [0.4, 0.5) is 8.78 Å². The Hall–Kier alpha value is -1.53. The molecule has 2 rings (SSSR count). The highest BCUT2D eigenvalue weighted by atomic mass is 19.2. The molecule has 0 bridgehead atoms. The van der Waals surface area contributed by atoms with E-state index in [0.717, 1.165) is 25.1 Å². The molecule has 1 heterocycles. The molecule has 1 aliphatic heterocycles. The lowest BCUT2D eigenvalue weighted by molar-refractivity contribution is 0.0653. The monoisotopic (exact) mass is 340 g/mol. The van der Waals surface area contributed by atoms with Gasteiger partial charge in [0.05, 0.1) is 13.2 Å². The first-order valence-corrected chi connectivity index (χ1v) is 8.30. The van der Waals surface area contributed by atoms with Crippen LogP contribution in [-0.4, -0.2) is 62.1 Å². The summed E-state index contributed by atoms with van der Waals surface area (Å²) < 4.78 is 32.5. The van der Waals surface area contributed by atoms with E-state index in [1.54, 1.807) is 11.8 Å². The van der Waals surface area contributed by atoms with Crippen LogP contribution in [-0.2, 0) is 4.74 Å². The number of aryl methyl sites for hydroxylation is 1. The van der Waals surface area contributed by atoms with Crippen molar-refractivity contribution < 1.29 is 18.3 Å². The molecule has 2 atom stereocenters. The molecule has 1 aromatic carbocycles. The molecule has 0 N–H and O–H groups in total. The topological polar surface area (TPSA) is 32.8 Å². The lowest BCUT2D eigenvalue weighted by atomic mass is 9.96. The van der Waals surface area contributed by atoms with Crippen molar-refractivity contribution in [1.29, 1.82) is 0 Å². The first kappa shape index (κ1) is 18.8. The van der Waals surface area contributed by atoms with E-state index < -0.39 is 11.6 Å². The van der Waals surface area contributed by atoms with Gasteiger partial charge in [-0.3, -0.25) is 4.79 Å². The molecule has 4 nitrogen and oxygen atoms in total. The zero-order valence-corrected chi connectivity index (χ0v) is 14.8. The Kier molecular flexibility index (Phi) is 6.29. The largest absolute Gasteiger partial charge is 0.379 e. The minimum absolute atomic E-state index is 0.0209. The Morgan fingerprint density at radius 3 is 2.67 bits per heavy atom. The van der Waals surface area contributed by atoms with Crippen molar-refractivity contribution in [3.63, 3.8) is 0 Å². The van der Waals surface area contributed by atoms with Crippen LogP contribution in [0.25, 0.3) is 0 Å². The van der Waals surface area contributed by atoms with Crippen LogP contribution >= 0.6 is 0 Å². The van der Waals surface area contributed by atoms with Crippen LogP contribution in [0.15, 0.2) is 12.1 Å². The summed E-state index contributed by atoms with van der Waals surface area (Å²) in [6.07, 6.45) is 0.911. The summed E-state index contributed by atoms with van der Waals surface area (Å²) in [5.74, 6) is -1.98. The minimum Gasteiger partial charge on any atom is -0.379 e. The van der Waals surface area contributed by atoms with Gasteiger partial charge in [-0.05, 0) is 58.6 Å². The van der Waals surface area contributed by atoms with Crippen LogP contribution < -0.4 is 0 Å². The fourth-order valence-corrected chi connectivity index (χ4v) is 3.06. The Morgan fingerprint density at radius 2 is 2.00 bits per heavy atom. The molecule has 1 saturated heterocycles. The zero-order chi connectivity index (χ0) is 17.9. The normalized spacial score (nSPS) is 21.9. The van der Waals surface area contributed by atoms with Gasteiger partial charge >= 0.3 is 0 Å². The van der Waals surface area contributed by atoms with Gasteiger partial charge in [-0.2, -0.15) is 0 Å².